The highest BCUT2D eigenvalue weighted by Crippen LogP contribution is 2.28. The largest absolute Gasteiger partial charge is 0.382 e. The number of methoxy groups -OCH3 is 1. The predicted molar refractivity (Wildman–Crippen MR) is 94.7 cm³/mol. The SMILES string of the molecule is COCCOCCCNC(=O)CSc1cc(C)c(Br)cc1C. The summed E-state index contributed by atoms with van der Waals surface area (Å²) in [6, 6.07) is 4.20. The van der Waals surface area contributed by atoms with Gasteiger partial charge in [0.2, 0.25) is 5.91 Å². The van der Waals surface area contributed by atoms with E-state index in [9.17, 15) is 4.79 Å². The van der Waals surface area contributed by atoms with Crippen molar-refractivity contribution in [1.82, 2.24) is 5.32 Å². The number of thioether (sulfide) groups is 1. The molecule has 0 radical (unpaired) electrons. The van der Waals surface area contributed by atoms with Crippen LogP contribution in [0.3, 0.4) is 0 Å². The molecule has 0 aliphatic rings. The van der Waals surface area contributed by atoms with Gasteiger partial charge in [0.1, 0.15) is 0 Å². The van der Waals surface area contributed by atoms with Gasteiger partial charge in [-0.3, -0.25) is 4.79 Å². The lowest BCUT2D eigenvalue weighted by atomic mass is 10.2. The van der Waals surface area contributed by atoms with Gasteiger partial charge in [0.15, 0.2) is 0 Å². The van der Waals surface area contributed by atoms with Crippen molar-refractivity contribution in [3.8, 4) is 0 Å². The smallest absolute Gasteiger partial charge is 0.230 e. The molecular weight excluding hydrogens is 366 g/mol. The van der Waals surface area contributed by atoms with Gasteiger partial charge in [-0.05, 0) is 43.5 Å². The van der Waals surface area contributed by atoms with Gasteiger partial charge in [-0.15, -0.1) is 11.8 Å². The molecule has 1 N–H and O–H groups in total. The first-order valence-corrected chi connectivity index (χ1v) is 9.05. The molecule has 6 heteroatoms. The second kappa shape index (κ2) is 11.0. The fraction of sp³-hybridized carbons (Fsp3) is 0.562. The Labute approximate surface area is 145 Å². The molecule has 0 spiro atoms. The Kier molecular flexibility index (Phi) is 9.79. The maximum atomic E-state index is 11.8. The van der Waals surface area contributed by atoms with Crippen LogP contribution in [-0.4, -0.2) is 45.1 Å². The van der Waals surface area contributed by atoms with E-state index in [0.29, 0.717) is 32.1 Å². The molecule has 124 valence electrons. The molecule has 1 aromatic carbocycles. The Bertz CT molecular complexity index is 483. The minimum Gasteiger partial charge on any atom is -0.382 e. The molecule has 1 rings (SSSR count). The fourth-order valence-corrected chi connectivity index (χ4v) is 3.14. The Morgan fingerprint density at radius 1 is 1.23 bits per heavy atom. The van der Waals surface area contributed by atoms with Crippen LogP contribution in [0.4, 0.5) is 0 Å². The summed E-state index contributed by atoms with van der Waals surface area (Å²) in [7, 11) is 1.65. The molecular formula is C16H24BrNO3S. The molecule has 0 heterocycles. The molecule has 0 aromatic heterocycles. The number of halogens is 1. The van der Waals surface area contributed by atoms with Crippen molar-refractivity contribution in [3.05, 3.63) is 27.7 Å². The van der Waals surface area contributed by atoms with E-state index in [2.05, 4.69) is 47.2 Å². The first kappa shape index (κ1) is 19.5. The maximum Gasteiger partial charge on any atom is 0.230 e. The third-order valence-corrected chi connectivity index (χ3v) is 5.05. The molecule has 0 bridgehead atoms. The van der Waals surface area contributed by atoms with E-state index in [1.54, 1.807) is 18.9 Å². The Morgan fingerprint density at radius 3 is 2.73 bits per heavy atom. The van der Waals surface area contributed by atoms with Crippen molar-refractivity contribution in [3.63, 3.8) is 0 Å². The lowest BCUT2D eigenvalue weighted by Crippen LogP contribution is -2.27. The van der Waals surface area contributed by atoms with E-state index in [4.69, 9.17) is 9.47 Å². The van der Waals surface area contributed by atoms with E-state index >= 15 is 0 Å². The van der Waals surface area contributed by atoms with E-state index in [1.165, 1.54) is 11.1 Å². The first-order chi connectivity index (χ1) is 10.5. The molecule has 1 aromatic rings. The number of carbonyl (C=O) groups is 1. The van der Waals surface area contributed by atoms with Crippen molar-refractivity contribution in [2.24, 2.45) is 0 Å². The summed E-state index contributed by atoms with van der Waals surface area (Å²) >= 11 is 5.09. The van der Waals surface area contributed by atoms with E-state index in [1.807, 2.05) is 0 Å². The molecule has 1 amide bonds. The number of rotatable bonds is 10. The molecule has 4 nitrogen and oxygen atoms in total. The monoisotopic (exact) mass is 389 g/mol. The average Bonchev–Trinajstić information content (AvgIpc) is 2.48. The van der Waals surface area contributed by atoms with Crippen molar-refractivity contribution in [2.75, 3.05) is 39.2 Å². The lowest BCUT2D eigenvalue weighted by Gasteiger charge is -2.09. The Balaban J connectivity index is 2.19. The minimum absolute atomic E-state index is 0.0573. The van der Waals surface area contributed by atoms with Crippen molar-refractivity contribution in [2.45, 2.75) is 25.2 Å². The van der Waals surface area contributed by atoms with E-state index in [0.717, 1.165) is 15.8 Å². The molecule has 0 fully saturated rings. The number of benzene rings is 1. The molecule has 0 atom stereocenters. The van der Waals surface area contributed by atoms with Crippen LogP contribution in [0.25, 0.3) is 0 Å². The molecule has 0 aliphatic carbocycles. The normalized spacial score (nSPS) is 10.7. The first-order valence-electron chi connectivity index (χ1n) is 7.27. The maximum absolute atomic E-state index is 11.8. The summed E-state index contributed by atoms with van der Waals surface area (Å²) in [5.74, 6) is 0.494. The summed E-state index contributed by atoms with van der Waals surface area (Å²) in [5, 5.41) is 2.91. The second-order valence-electron chi connectivity index (χ2n) is 4.96. The van der Waals surface area contributed by atoms with Gasteiger partial charge in [0.05, 0.1) is 19.0 Å². The van der Waals surface area contributed by atoms with Gasteiger partial charge in [-0.25, -0.2) is 0 Å². The Morgan fingerprint density at radius 2 is 2.00 bits per heavy atom. The predicted octanol–water partition coefficient (Wildman–Crippen LogP) is 3.33. The lowest BCUT2D eigenvalue weighted by molar-refractivity contribution is -0.118. The minimum atomic E-state index is 0.0573. The third kappa shape index (κ3) is 7.63. The van der Waals surface area contributed by atoms with Gasteiger partial charge in [-0.2, -0.15) is 0 Å². The van der Waals surface area contributed by atoms with Crippen molar-refractivity contribution >= 4 is 33.6 Å². The quantitative estimate of drug-likeness (QED) is 0.492. The summed E-state index contributed by atoms with van der Waals surface area (Å²) in [5.41, 5.74) is 2.36. The van der Waals surface area contributed by atoms with Crippen molar-refractivity contribution < 1.29 is 14.3 Å². The number of carbonyl (C=O) groups excluding carboxylic acids is 1. The van der Waals surface area contributed by atoms with Gasteiger partial charge in [-0.1, -0.05) is 15.9 Å². The van der Waals surface area contributed by atoms with Crippen LogP contribution in [0.5, 0.6) is 0 Å². The summed E-state index contributed by atoms with van der Waals surface area (Å²) in [4.78, 5) is 13.0. The standard InChI is InChI=1S/C16H24BrNO3S/c1-12-10-15(13(2)9-14(12)17)22-11-16(19)18-5-4-6-21-8-7-20-3/h9-10H,4-8,11H2,1-3H3,(H,18,19). The highest BCUT2D eigenvalue weighted by molar-refractivity contribution is 9.10. The third-order valence-electron chi connectivity index (χ3n) is 3.03. The number of aryl methyl sites for hydroxylation is 2. The average molecular weight is 390 g/mol. The highest BCUT2D eigenvalue weighted by Gasteiger charge is 2.06. The van der Waals surface area contributed by atoms with Gasteiger partial charge in [0, 0.05) is 29.6 Å². The second-order valence-corrected chi connectivity index (χ2v) is 6.84. The van der Waals surface area contributed by atoms with E-state index < -0.39 is 0 Å². The molecule has 0 unspecified atom stereocenters. The van der Waals surface area contributed by atoms with Crippen LogP contribution < -0.4 is 5.32 Å². The topological polar surface area (TPSA) is 47.6 Å². The summed E-state index contributed by atoms with van der Waals surface area (Å²) < 4.78 is 11.3. The van der Waals surface area contributed by atoms with Gasteiger partial charge >= 0.3 is 0 Å². The summed E-state index contributed by atoms with van der Waals surface area (Å²) in [6.45, 7) is 6.60. The zero-order valence-corrected chi connectivity index (χ0v) is 15.8. The zero-order valence-electron chi connectivity index (χ0n) is 13.4. The number of hydrogen-bond donors (Lipinski definition) is 1. The summed E-state index contributed by atoms with van der Waals surface area (Å²) in [6.07, 6.45) is 0.816. The van der Waals surface area contributed by atoms with Crippen LogP contribution in [0.15, 0.2) is 21.5 Å². The molecule has 0 aliphatic heterocycles. The fourth-order valence-electron chi connectivity index (χ4n) is 1.75. The Hall–Kier alpha value is -0.560. The number of nitrogens with one attached hydrogen (secondary N) is 1. The molecule has 22 heavy (non-hydrogen) atoms. The van der Waals surface area contributed by atoms with Crippen molar-refractivity contribution in [1.29, 1.82) is 0 Å². The molecule has 0 saturated carbocycles. The number of ether oxygens (including phenoxy) is 2. The van der Waals surface area contributed by atoms with Crippen LogP contribution in [0.1, 0.15) is 17.5 Å². The highest BCUT2D eigenvalue weighted by atomic mass is 79.9. The molecule has 0 saturated heterocycles. The van der Waals surface area contributed by atoms with Gasteiger partial charge < -0.3 is 14.8 Å². The van der Waals surface area contributed by atoms with Crippen LogP contribution in [0, 0.1) is 13.8 Å². The van der Waals surface area contributed by atoms with Crippen LogP contribution >= 0.6 is 27.7 Å². The number of hydrogen-bond acceptors (Lipinski definition) is 4. The van der Waals surface area contributed by atoms with E-state index in [-0.39, 0.29) is 5.91 Å². The zero-order chi connectivity index (χ0) is 16.4. The van der Waals surface area contributed by atoms with Crippen LogP contribution in [-0.2, 0) is 14.3 Å². The van der Waals surface area contributed by atoms with Crippen LogP contribution in [0.2, 0.25) is 0 Å². The van der Waals surface area contributed by atoms with Gasteiger partial charge in [0.25, 0.3) is 0 Å². The number of amides is 1.